The molecule has 86 valence electrons. The molecule has 0 bridgehead atoms. The topological polar surface area (TPSA) is 40.5 Å². The molecule has 0 atom stereocenters. The fourth-order valence-electron chi connectivity index (χ4n) is 1.37. The maximum atomic E-state index is 8.60. The van der Waals surface area contributed by atoms with Crippen molar-refractivity contribution in [3.05, 3.63) is 35.4 Å². The monoisotopic (exact) mass is 210 g/mol. The maximum Gasteiger partial charge on any atom is 0.0431 e. The zero-order valence-corrected chi connectivity index (χ0v) is 9.74. The van der Waals surface area contributed by atoms with Crippen molar-refractivity contribution in [2.45, 2.75) is 32.6 Å². The summed E-state index contributed by atoms with van der Waals surface area (Å²) in [5.41, 5.74) is 2.72. The number of rotatable bonds is 5. The minimum atomic E-state index is 0.327. The van der Waals surface area contributed by atoms with Crippen molar-refractivity contribution in [2.24, 2.45) is 0 Å². The molecule has 1 aromatic carbocycles. The molecule has 0 heterocycles. The predicted molar refractivity (Wildman–Crippen MR) is 64.0 cm³/mol. The molecular weight excluding hydrogens is 188 g/mol. The third-order valence-electron chi connectivity index (χ3n) is 2.24. The molecule has 0 spiro atoms. The van der Waals surface area contributed by atoms with Gasteiger partial charge in [0.1, 0.15) is 0 Å². The van der Waals surface area contributed by atoms with E-state index in [1.54, 1.807) is 0 Å². The molecule has 0 radical (unpaired) electrons. The van der Waals surface area contributed by atoms with Crippen LogP contribution in [0.15, 0.2) is 24.3 Å². The lowest BCUT2D eigenvalue weighted by molar-refractivity contribution is 0.283. The quantitative estimate of drug-likeness (QED) is 0.732. The van der Waals surface area contributed by atoms with Crippen molar-refractivity contribution in [2.75, 3.05) is 13.7 Å². The maximum absolute atomic E-state index is 8.60. The summed E-state index contributed by atoms with van der Waals surface area (Å²) in [5, 5.41) is 15.6. The van der Waals surface area contributed by atoms with Crippen LogP contribution in [0.3, 0.4) is 0 Å². The van der Waals surface area contributed by atoms with Gasteiger partial charge in [-0.1, -0.05) is 36.2 Å². The van der Waals surface area contributed by atoms with Gasteiger partial charge in [0, 0.05) is 13.7 Å². The van der Waals surface area contributed by atoms with Crippen molar-refractivity contribution >= 4 is 0 Å². The van der Waals surface area contributed by atoms with Crippen molar-refractivity contribution in [1.29, 1.82) is 0 Å². The fourth-order valence-corrected chi connectivity index (χ4v) is 1.37. The molecule has 15 heavy (non-hydrogen) atoms. The molecular formula is C13H22O2. The summed E-state index contributed by atoms with van der Waals surface area (Å²) in [6.07, 6.45) is 4.39. The van der Waals surface area contributed by atoms with Gasteiger partial charge in [-0.2, -0.15) is 0 Å². The summed E-state index contributed by atoms with van der Waals surface area (Å²) in [7, 11) is 1.00. The summed E-state index contributed by atoms with van der Waals surface area (Å²) in [5.74, 6) is 0. The van der Waals surface area contributed by atoms with Crippen LogP contribution in [0.25, 0.3) is 0 Å². The van der Waals surface area contributed by atoms with Crippen LogP contribution in [-0.4, -0.2) is 23.9 Å². The van der Waals surface area contributed by atoms with E-state index in [2.05, 4.69) is 31.2 Å². The smallest absolute Gasteiger partial charge is 0.0431 e. The summed E-state index contributed by atoms with van der Waals surface area (Å²) >= 11 is 0. The van der Waals surface area contributed by atoms with E-state index in [1.807, 2.05) is 0 Å². The van der Waals surface area contributed by atoms with Gasteiger partial charge in [-0.15, -0.1) is 0 Å². The Kier molecular flexibility index (Phi) is 9.13. The molecule has 2 N–H and O–H groups in total. The Morgan fingerprint density at radius 2 is 1.53 bits per heavy atom. The zero-order chi connectivity index (χ0) is 11.5. The molecule has 0 unspecified atom stereocenters. The first-order valence-corrected chi connectivity index (χ1v) is 5.44. The first-order valence-electron chi connectivity index (χ1n) is 5.44. The van der Waals surface area contributed by atoms with Gasteiger partial charge in [0.05, 0.1) is 0 Å². The van der Waals surface area contributed by atoms with E-state index in [4.69, 9.17) is 10.2 Å². The molecule has 0 aliphatic carbocycles. The number of hydrogen-bond acceptors (Lipinski definition) is 2. The minimum absolute atomic E-state index is 0.327. The Bertz CT molecular complexity index is 229. The fraction of sp³-hybridized carbons (Fsp3) is 0.538. The van der Waals surface area contributed by atoms with Gasteiger partial charge in [0.25, 0.3) is 0 Å². The lowest BCUT2D eigenvalue weighted by Crippen LogP contribution is -1.88. The average molecular weight is 210 g/mol. The molecule has 0 aliphatic heterocycles. The molecule has 0 fully saturated rings. The molecule has 0 aliphatic rings. The Morgan fingerprint density at radius 1 is 0.933 bits per heavy atom. The Morgan fingerprint density at radius 3 is 2.07 bits per heavy atom. The van der Waals surface area contributed by atoms with Gasteiger partial charge >= 0.3 is 0 Å². The first kappa shape index (κ1) is 14.1. The standard InChI is InChI=1S/C12H18O.CH4O/c1-11-6-8-12(9-7-11)5-3-2-4-10-13;1-2/h6-9,13H,2-5,10H2,1H3;2H,1H3. The summed E-state index contributed by atoms with van der Waals surface area (Å²) < 4.78 is 0. The molecule has 0 saturated carbocycles. The second-order valence-corrected chi connectivity index (χ2v) is 3.52. The highest BCUT2D eigenvalue weighted by atomic mass is 16.3. The number of benzene rings is 1. The van der Waals surface area contributed by atoms with Crippen LogP contribution >= 0.6 is 0 Å². The number of aliphatic hydroxyl groups excluding tert-OH is 2. The Hall–Kier alpha value is -0.860. The van der Waals surface area contributed by atoms with Gasteiger partial charge in [-0.05, 0) is 31.7 Å². The summed E-state index contributed by atoms with van der Waals surface area (Å²) in [6, 6.07) is 8.69. The number of hydrogen-bond donors (Lipinski definition) is 2. The lowest BCUT2D eigenvalue weighted by Gasteiger charge is -2.01. The summed E-state index contributed by atoms with van der Waals surface area (Å²) in [4.78, 5) is 0. The van der Waals surface area contributed by atoms with E-state index in [0.29, 0.717) is 6.61 Å². The second kappa shape index (κ2) is 9.69. The first-order chi connectivity index (χ1) is 7.33. The van der Waals surface area contributed by atoms with E-state index >= 15 is 0 Å². The van der Waals surface area contributed by atoms with Crippen LogP contribution in [0.5, 0.6) is 0 Å². The number of aliphatic hydroxyl groups is 2. The number of unbranched alkanes of at least 4 members (excludes halogenated alkanes) is 2. The molecule has 1 rings (SSSR count). The Labute approximate surface area is 92.6 Å². The Balaban J connectivity index is 0.000000921. The summed E-state index contributed by atoms with van der Waals surface area (Å²) in [6.45, 7) is 2.43. The van der Waals surface area contributed by atoms with Crippen LogP contribution < -0.4 is 0 Å². The van der Waals surface area contributed by atoms with E-state index < -0.39 is 0 Å². The van der Waals surface area contributed by atoms with Crippen molar-refractivity contribution in [3.63, 3.8) is 0 Å². The van der Waals surface area contributed by atoms with Crippen molar-refractivity contribution < 1.29 is 10.2 Å². The average Bonchev–Trinajstić information content (AvgIpc) is 2.30. The molecule has 2 heteroatoms. The van der Waals surface area contributed by atoms with E-state index in [-0.39, 0.29) is 0 Å². The van der Waals surface area contributed by atoms with E-state index in [0.717, 1.165) is 26.4 Å². The van der Waals surface area contributed by atoms with Gasteiger partial charge in [-0.25, -0.2) is 0 Å². The molecule has 0 aromatic heterocycles. The third-order valence-corrected chi connectivity index (χ3v) is 2.24. The van der Waals surface area contributed by atoms with Crippen molar-refractivity contribution in [3.8, 4) is 0 Å². The van der Waals surface area contributed by atoms with E-state index in [9.17, 15) is 0 Å². The van der Waals surface area contributed by atoms with Gasteiger partial charge in [0.2, 0.25) is 0 Å². The SMILES string of the molecule is CO.Cc1ccc(CCCCCO)cc1. The van der Waals surface area contributed by atoms with Crippen LogP contribution in [0.2, 0.25) is 0 Å². The molecule has 0 amide bonds. The molecule has 0 saturated heterocycles. The van der Waals surface area contributed by atoms with Crippen LogP contribution in [-0.2, 0) is 6.42 Å². The second-order valence-electron chi connectivity index (χ2n) is 3.52. The predicted octanol–water partition coefficient (Wildman–Crippen LogP) is 2.31. The normalized spacial score (nSPS) is 9.33. The number of aryl methyl sites for hydroxylation is 2. The van der Waals surface area contributed by atoms with Gasteiger partial charge in [-0.3, -0.25) is 0 Å². The highest BCUT2D eigenvalue weighted by Crippen LogP contribution is 2.07. The van der Waals surface area contributed by atoms with Crippen LogP contribution in [0.1, 0.15) is 30.4 Å². The largest absolute Gasteiger partial charge is 0.400 e. The van der Waals surface area contributed by atoms with Crippen LogP contribution in [0, 0.1) is 6.92 Å². The van der Waals surface area contributed by atoms with Crippen molar-refractivity contribution in [1.82, 2.24) is 0 Å². The third kappa shape index (κ3) is 7.11. The highest BCUT2D eigenvalue weighted by molar-refractivity contribution is 5.21. The highest BCUT2D eigenvalue weighted by Gasteiger charge is 1.92. The van der Waals surface area contributed by atoms with Crippen LogP contribution in [0.4, 0.5) is 0 Å². The van der Waals surface area contributed by atoms with E-state index in [1.165, 1.54) is 17.5 Å². The van der Waals surface area contributed by atoms with Gasteiger partial charge in [0.15, 0.2) is 0 Å². The minimum Gasteiger partial charge on any atom is -0.400 e. The molecule has 2 nitrogen and oxygen atoms in total. The van der Waals surface area contributed by atoms with Gasteiger partial charge < -0.3 is 10.2 Å². The lowest BCUT2D eigenvalue weighted by atomic mass is 10.1. The molecule has 1 aromatic rings. The zero-order valence-electron chi connectivity index (χ0n) is 9.74.